The molecule has 0 saturated heterocycles. The van der Waals surface area contributed by atoms with Gasteiger partial charge >= 0.3 is 58.4 Å². The van der Waals surface area contributed by atoms with Gasteiger partial charge in [0.15, 0.2) is 0 Å². The Bertz CT molecular complexity index is 4640. The van der Waals surface area contributed by atoms with Crippen molar-refractivity contribution in [3.8, 4) is 0 Å². The van der Waals surface area contributed by atoms with Crippen LogP contribution < -0.4 is 37.3 Å². The van der Waals surface area contributed by atoms with Crippen LogP contribution >= 0.6 is 0 Å². The zero-order valence-electron chi connectivity index (χ0n) is 64.7. The van der Waals surface area contributed by atoms with Crippen LogP contribution in [0.2, 0.25) is 0 Å². The van der Waals surface area contributed by atoms with Crippen molar-refractivity contribution >= 4 is 93.2 Å². The summed E-state index contributed by atoms with van der Waals surface area (Å²) in [6.45, 7) is 16.1. The number of halogens is 2. The molecule has 0 radical (unpaired) electrons. The first-order chi connectivity index (χ1) is 52.7. The number of fused-ring (bicyclic) bond motifs is 4. The number of hydrogen-bond donors (Lipinski definition) is 0. The molecule has 0 aliphatic carbocycles. The van der Waals surface area contributed by atoms with Crippen molar-refractivity contribution in [2.24, 2.45) is 39.9 Å². The van der Waals surface area contributed by atoms with Crippen LogP contribution in [0.4, 0.5) is 46.5 Å². The second-order valence-corrected chi connectivity index (χ2v) is 25.9. The van der Waals surface area contributed by atoms with Gasteiger partial charge in [0.25, 0.3) is 0 Å². The summed E-state index contributed by atoms with van der Waals surface area (Å²) >= 11 is 0. The fourth-order valence-electron chi connectivity index (χ4n) is 10.6. The molecular formula is C80H74Cl2N20O13Zn3. The monoisotopic (exact) mass is 1780 g/mol. The average molecular weight is 1790 g/mol. The molecule has 0 fully saturated rings. The van der Waals surface area contributed by atoms with Crippen molar-refractivity contribution in [2.75, 3.05) is 0 Å². The van der Waals surface area contributed by atoms with Crippen LogP contribution in [-0.2, 0) is 58.4 Å². The summed E-state index contributed by atoms with van der Waals surface area (Å²) < 4.78 is 67.9. The normalized spacial score (nSPS) is 14.6. The van der Waals surface area contributed by atoms with Gasteiger partial charge in [0, 0.05) is 96.3 Å². The molecule has 12 heterocycles. The van der Waals surface area contributed by atoms with Crippen LogP contribution in [0.5, 0.6) is 0 Å². The van der Waals surface area contributed by atoms with Crippen LogP contribution in [0, 0.1) is 75.9 Å². The summed E-state index contributed by atoms with van der Waals surface area (Å²) in [4.78, 5) is 71.2. The van der Waals surface area contributed by atoms with Gasteiger partial charge in [-0.1, -0.05) is 97.1 Å². The minimum absolute atomic E-state index is 0. The first-order valence-corrected chi connectivity index (χ1v) is 35.8. The van der Waals surface area contributed by atoms with E-state index in [1.165, 1.54) is 0 Å². The molecule has 0 amide bonds. The van der Waals surface area contributed by atoms with Crippen LogP contribution in [0.25, 0.3) is 21.3 Å². The van der Waals surface area contributed by atoms with Crippen molar-refractivity contribution in [2.45, 2.75) is 55.4 Å². The van der Waals surface area contributed by atoms with Gasteiger partial charge in [-0.25, -0.2) is 37.3 Å². The quantitative estimate of drug-likeness (QED) is 0.182. The minimum Gasteiger partial charge on any atom is -0.412 e. The Hall–Kier alpha value is -11.4. The molecule has 118 heavy (non-hydrogen) atoms. The van der Waals surface area contributed by atoms with E-state index in [1.54, 1.807) is 49.6 Å². The Labute approximate surface area is 720 Å². The number of aliphatic imine (C=N–C) groups is 8. The van der Waals surface area contributed by atoms with E-state index < -0.39 is 20.5 Å². The molecule has 38 heteroatoms. The standard InChI is InChI=1S/4C20H16N5.2ClHO4.5H2O.3Zn/c4*1-13-7-9-21-17(11-13)23-19-15-5-3-4-6-16(15)20(25-19)24-18-12-14(2)8-10-22-18;2*2-1(3,4)5;;;;;;;;/h4*3-12H,1-2H3;2*(H,2,3,4,5);5*1H2;;;/q4*-1;;;;;;;;3*+2/p-2. The van der Waals surface area contributed by atoms with Gasteiger partial charge < -0.3 is 88.6 Å². The topological polar surface area (TPSA) is 600 Å². The summed E-state index contributed by atoms with van der Waals surface area (Å²) in [5.74, 6) is 10.1. The maximum absolute atomic E-state index is 8.49. The first kappa shape index (κ1) is 101. The van der Waals surface area contributed by atoms with Crippen molar-refractivity contribution in [1.29, 1.82) is 0 Å². The van der Waals surface area contributed by atoms with Crippen LogP contribution in [-0.4, -0.2) is 114 Å². The SMILES string of the molecule is Cc1ccnc(N=C2[N-]C(=Nc3cc(C)ccn3)c3ccccc32)c1.Cc1ccnc(N=C2[N-]C(=Nc3cc(C)ccn3)c3ccccc32)c1.Cc1ccnc(N=C2[N-]C(=Nc3cc(C)ccn3)c3ccccc32)c1.Cc1ccnc(N=C2[N-]C(=Nc3cc(C)ccn3)c3ccccc32)c1.O.O.O.O.O.[O-][Cl+3]([O-])([O-])[O-].[O-][Cl+3]([O-])([O-])[O-].[Zn+2].[Zn+2].[Zn+2]. The molecule has 592 valence electrons. The maximum Gasteiger partial charge on any atom is 2.00 e. The molecule has 4 aliphatic rings. The predicted molar refractivity (Wildman–Crippen MR) is 419 cm³/mol. The fourth-order valence-corrected chi connectivity index (χ4v) is 10.6. The number of aryl methyl sites for hydroxylation is 8. The molecule has 33 nitrogen and oxygen atoms in total. The van der Waals surface area contributed by atoms with Crippen LogP contribution in [0.15, 0.2) is 284 Å². The van der Waals surface area contributed by atoms with Crippen molar-refractivity contribution in [1.82, 2.24) is 39.9 Å². The summed E-state index contributed by atoms with van der Waals surface area (Å²) in [5, 5.41) is 18.5. The van der Waals surface area contributed by atoms with E-state index in [4.69, 9.17) is 37.3 Å². The van der Waals surface area contributed by atoms with E-state index in [1.807, 2.05) is 250 Å². The van der Waals surface area contributed by atoms with E-state index in [-0.39, 0.29) is 85.8 Å². The number of rotatable bonds is 8. The van der Waals surface area contributed by atoms with Crippen LogP contribution in [0.1, 0.15) is 89.0 Å². The Balaban J connectivity index is 0.000000383. The summed E-state index contributed by atoms with van der Waals surface area (Å²) in [6.07, 6.45) is 14.0. The molecule has 0 atom stereocenters. The van der Waals surface area contributed by atoms with Gasteiger partial charge in [-0.2, -0.15) is 0 Å². The second-order valence-electron chi connectivity index (χ2n) is 24.4. The Kier molecular flexibility index (Phi) is 40.2. The third-order valence-corrected chi connectivity index (χ3v) is 15.5. The summed E-state index contributed by atoms with van der Waals surface area (Å²) in [6, 6.07) is 62.8. The fraction of sp³-hybridized carbons (Fsp3) is 0.100. The van der Waals surface area contributed by atoms with Gasteiger partial charge in [0.2, 0.25) is 0 Å². The van der Waals surface area contributed by atoms with E-state index in [0.29, 0.717) is 93.2 Å². The van der Waals surface area contributed by atoms with Gasteiger partial charge in [-0.05, 0) is 241 Å². The molecule has 4 aliphatic heterocycles. The van der Waals surface area contributed by atoms with Crippen molar-refractivity contribution < 1.29 is 144 Å². The third-order valence-electron chi connectivity index (χ3n) is 15.5. The molecule has 10 N–H and O–H groups in total. The third kappa shape index (κ3) is 30.2. The molecule has 0 bridgehead atoms. The molecule has 16 rings (SSSR count). The van der Waals surface area contributed by atoms with Gasteiger partial charge in [0.1, 0.15) is 0 Å². The number of pyridine rings is 8. The average Bonchev–Trinajstić information content (AvgIpc) is 1.67. The number of nitrogens with zero attached hydrogens (tertiary/aromatic N) is 20. The zero-order valence-corrected chi connectivity index (χ0v) is 75.1. The van der Waals surface area contributed by atoms with E-state index >= 15 is 0 Å². The van der Waals surface area contributed by atoms with Crippen molar-refractivity contribution in [3.05, 3.63) is 354 Å². The number of aromatic nitrogens is 8. The van der Waals surface area contributed by atoms with Gasteiger partial charge in [-0.15, -0.1) is 20.5 Å². The summed E-state index contributed by atoms with van der Waals surface area (Å²) in [5.41, 5.74) is 16.5. The molecule has 0 spiro atoms. The van der Waals surface area contributed by atoms with Crippen LogP contribution in [0.3, 0.4) is 0 Å². The largest absolute Gasteiger partial charge is 2.00 e. The number of benzene rings is 4. The predicted octanol–water partition coefficient (Wildman–Crippen LogP) is 4.91. The minimum atomic E-state index is -4.94. The Morgan fingerprint density at radius 3 is 0.398 bits per heavy atom. The molecule has 4 aromatic carbocycles. The Morgan fingerprint density at radius 1 is 0.203 bits per heavy atom. The van der Waals surface area contributed by atoms with E-state index in [0.717, 1.165) is 89.0 Å². The van der Waals surface area contributed by atoms with E-state index in [9.17, 15) is 0 Å². The molecule has 8 aromatic heterocycles. The molecular weight excluding hydrogens is 1720 g/mol. The van der Waals surface area contributed by atoms with Gasteiger partial charge in [0.05, 0.1) is 46.5 Å². The smallest absolute Gasteiger partial charge is 0.412 e. The second kappa shape index (κ2) is 47.1. The summed E-state index contributed by atoms with van der Waals surface area (Å²) in [7, 11) is -9.89. The number of amidine groups is 8. The molecule has 0 saturated carbocycles. The van der Waals surface area contributed by atoms with E-state index in [2.05, 4.69) is 101 Å². The van der Waals surface area contributed by atoms with Crippen molar-refractivity contribution in [3.63, 3.8) is 0 Å². The maximum atomic E-state index is 8.49. The Morgan fingerprint density at radius 2 is 0.305 bits per heavy atom. The number of hydrogen-bond acceptors (Lipinski definition) is 24. The van der Waals surface area contributed by atoms with Gasteiger partial charge in [-0.3, -0.25) is 39.9 Å². The first-order valence-electron chi connectivity index (χ1n) is 33.4. The zero-order chi connectivity index (χ0) is 77.9. The molecule has 0 unspecified atom stereocenters. The molecule has 12 aromatic rings.